The van der Waals surface area contributed by atoms with Gasteiger partial charge in [-0.15, -0.1) is 0 Å². The molecule has 0 atom stereocenters. The van der Waals surface area contributed by atoms with Crippen LogP contribution in [0.4, 0.5) is 0 Å². The maximum atomic E-state index is 12.7. The van der Waals surface area contributed by atoms with Crippen LogP contribution in [0, 0.1) is 0 Å². The fraction of sp³-hybridized carbons (Fsp3) is 0.0909. The van der Waals surface area contributed by atoms with Crippen LogP contribution in [0.3, 0.4) is 0 Å². The van der Waals surface area contributed by atoms with Crippen molar-refractivity contribution in [2.45, 2.75) is 4.90 Å². The van der Waals surface area contributed by atoms with E-state index in [1.807, 2.05) is 30.3 Å². The highest BCUT2D eigenvalue weighted by atomic mass is 32.2. The second-order valence-electron chi connectivity index (χ2n) is 6.71. The molecule has 1 amide bonds. The summed E-state index contributed by atoms with van der Waals surface area (Å²) < 4.78 is 31.9. The Bertz CT molecular complexity index is 1420. The van der Waals surface area contributed by atoms with Crippen LogP contribution >= 0.6 is 11.3 Å². The zero-order valence-electron chi connectivity index (χ0n) is 16.3. The van der Waals surface area contributed by atoms with Crippen LogP contribution in [0.25, 0.3) is 10.2 Å². The van der Waals surface area contributed by atoms with Gasteiger partial charge < -0.3 is 9.30 Å². The van der Waals surface area contributed by atoms with E-state index in [1.165, 1.54) is 17.6 Å². The van der Waals surface area contributed by atoms with Crippen LogP contribution in [0.15, 0.2) is 82.7 Å². The first-order chi connectivity index (χ1) is 14.3. The van der Waals surface area contributed by atoms with E-state index in [9.17, 15) is 13.2 Å². The first-order valence-electron chi connectivity index (χ1n) is 9.03. The van der Waals surface area contributed by atoms with Crippen LogP contribution in [0.5, 0.6) is 11.5 Å². The van der Waals surface area contributed by atoms with Crippen LogP contribution in [0.2, 0.25) is 0 Å². The molecule has 4 rings (SSSR count). The zero-order chi connectivity index (χ0) is 21.3. The molecule has 0 saturated carbocycles. The molecule has 0 aliphatic carbocycles. The van der Waals surface area contributed by atoms with Gasteiger partial charge in [-0.25, -0.2) is 8.42 Å². The van der Waals surface area contributed by atoms with Gasteiger partial charge in [0.1, 0.15) is 11.5 Å². The molecule has 0 N–H and O–H groups in total. The average molecular weight is 439 g/mol. The van der Waals surface area contributed by atoms with Crippen molar-refractivity contribution >= 4 is 37.3 Å². The Hall–Kier alpha value is -3.23. The van der Waals surface area contributed by atoms with Gasteiger partial charge in [-0.05, 0) is 48.5 Å². The summed E-state index contributed by atoms with van der Waals surface area (Å²) in [6.45, 7) is 0. The van der Waals surface area contributed by atoms with Crippen LogP contribution in [0.1, 0.15) is 10.4 Å². The van der Waals surface area contributed by atoms with E-state index in [2.05, 4.69) is 4.99 Å². The third kappa shape index (κ3) is 4.19. The van der Waals surface area contributed by atoms with E-state index in [0.29, 0.717) is 21.9 Å². The van der Waals surface area contributed by atoms with Crippen molar-refractivity contribution in [2.24, 2.45) is 12.0 Å². The van der Waals surface area contributed by atoms with Crippen molar-refractivity contribution in [3.8, 4) is 11.5 Å². The Morgan fingerprint density at radius 1 is 0.967 bits per heavy atom. The highest BCUT2D eigenvalue weighted by Gasteiger charge is 2.12. The standard InChI is InChI=1S/C22H18N2O4S2/c1-24-19-12-11-18(30(2,26)27)14-20(19)29-22(24)23-21(25)15-7-6-10-17(13-15)28-16-8-4-3-5-9-16/h3-14H,1-2H3. The number of benzene rings is 3. The molecule has 30 heavy (non-hydrogen) atoms. The average Bonchev–Trinajstić information content (AvgIpc) is 3.03. The molecule has 0 saturated heterocycles. The molecule has 0 aliphatic rings. The van der Waals surface area contributed by atoms with Gasteiger partial charge in [-0.3, -0.25) is 4.79 Å². The lowest BCUT2D eigenvalue weighted by Crippen LogP contribution is -2.13. The highest BCUT2D eigenvalue weighted by molar-refractivity contribution is 7.90. The summed E-state index contributed by atoms with van der Waals surface area (Å²) in [6.07, 6.45) is 1.17. The SMILES string of the molecule is Cn1c(=NC(=O)c2cccc(Oc3ccccc3)c2)sc2cc(S(C)(=O)=O)ccc21. The second kappa shape index (κ2) is 7.89. The number of aromatic nitrogens is 1. The van der Waals surface area contributed by atoms with Gasteiger partial charge in [-0.1, -0.05) is 35.6 Å². The number of para-hydroxylation sites is 1. The fourth-order valence-corrected chi connectivity index (χ4v) is 4.70. The minimum atomic E-state index is -3.31. The second-order valence-corrected chi connectivity index (χ2v) is 9.73. The van der Waals surface area contributed by atoms with E-state index in [-0.39, 0.29) is 4.90 Å². The molecule has 0 bridgehead atoms. The lowest BCUT2D eigenvalue weighted by molar-refractivity contribution is 0.0997. The van der Waals surface area contributed by atoms with E-state index in [1.54, 1.807) is 54.1 Å². The van der Waals surface area contributed by atoms with Gasteiger partial charge in [0.05, 0.1) is 15.1 Å². The predicted molar refractivity (Wildman–Crippen MR) is 117 cm³/mol. The van der Waals surface area contributed by atoms with Crippen molar-refractivity contribution in [1.82, 2.24) is 4.57 Å². The van der Waals surface area contributed by atoms with E-state index in [4.69, 9.17) is 4.74 Å². The molecule has 6 nitrogen and oxygen atoms in total. The number of amides is 1. The van der Waals surface area contributed by atoms with Gasteiger partial charge in [0.2, 0.25) is 0 Å². The fourth-order valence-electron chi connectivity index (χ4n) is 2.92. The van der Waals surface area contributed by atoms with E-state index in [0.717, 1.165) is 10.2 Å². The first-order valence-corrected chi connectivity index (χ1v) is 11.7. The minimum absolute atomic E-state index is 0.237. The summed E-state index contributed by atoms with van der Waals surface area (Å²) in [5.41, 5.74) is 1.21. The number of fused-ring (bicyclic) bond motifs is 1. The molecule has 0 aliphatic heterocycles. The summed E-state index contributed by atoms with van der Waals surface area (Å²) in [7, 11) is -1.52. The highest BCUT2D eigenvalue weighted by Crippen LogP contribution is 2.23. The lowest BCUT2D eigenvalue weighted by Gasteiger charge is -2.06. The Labute approximate surface area is 177 Å². The topological polar surface area (TPSA) is 77.7 Å². The molecule has 152 valence electrons. The number of carbonyl (C=O) groups excluding carboxylic acids is 1. The van der Waals surface area contributed by atoms with Crippen molar-refractivity contribution in [3.63, 3.8) is 0 Å². The van der Waals surface area contributed by atoms with Crippen LogP contribution in [-0.4, -0.2) is 25.1 Å². The van der Waals surface area contributed by atoms with Gasteiger partial charge in [-0.2, -0.15) is 4.99 Å². The zero-order valence-corrected chi connectivity index (χ0v) is 17.9. The number of rotatable bonds is 4. The van der Waals surface area contributed by atoms with Gasteiger partial charge in [0.25, 0.3) is 5.91 Å². The van der Waals surface area contributed by atoms with Gasteiger partial charge >= 0.3 is 0 Å². The van der Waals surface area contributed by atoms with E-state index < -0.39 is 15.7 Å². The van der Waals surface area contributed by atoms with Crippen molar-refractivity contribution in [2.75, 3.05) is 6.26 Å². The molecule has 4 aromatic rings. The Morgan fingerprint density at radius 3 is 2.43 bits per heavy atom. The predicted octanol–water partition coefficient (Wildman–Crippen LogP) is 4.18. The Morgan fingerprint density at radius 2 is 1.70 bits per heavy atom. The Balaban J connectivity index is 1.68. The number of aryl methyl sites for hydroxylation is 1. The molecule has 0 radical (unpaired) electrons. The minimum Gasteiger partial charge on any atom is -0.457 e. The number of sulfone groups is 1. The Kier molecular flexibility index (Phi) is 5.27. The molecule has 0 unspecified atom stereocenters. The number of hydrogen-bond acceptors (Lipinski definition) is 5. The quantitative estimate of drug-likeness (QED) is 0.479. The monoisotopic (exact) mass is 438 g/mol. The van der Waals surface area contributed by atoms with Crippen LogP contribution in [-0.2, 0) is 16.9 Å². The third-order valence-corrected chi connectivity index (χ3v) is 6.67. The molecule has 1 heterocycles. The normalized spacial score (nSPS) is 12.3. The maximum absolute atomic E-state index is 12.7. The summed E-state index contributed by atoms with van der Waals surface area (Å²) in [5, 5.41) is 0. The summed E-state index contributed by atoms with van der Waals surface area (Å²) in [5.74, 6) is 0.816. The molecule has 3 aromatic carbocycles. The molecule has 1 aromatic heterocycles. The van der Waals surface area contributed by atoms with Crippen molar-refractivity contribution in [3.05, 3.63) is 83.2 Å². The number of nitrogens with zero attached hydrogens (tertiary/aromatic N) is 2. The number of hydrogen-bond donors (Lipinski definition) is 0. The smallest absolute Gasteiger partial charge is 0.279 e. The molecule has 0 spiro atoms. The lowest BCUT2D eigenvalue weighted by atomic mass is 10.2. The molecular formula is C22H18N2O4S2. The van der Waals surface area contributed by atoms with Crippen molar-refractivity contribution < 1.29 is 17.9 Å². The van der Waals surface area contributed by atoms with E-state index >= 15 is 0 Å². The van der Waals surface area contributed by atoms with Gasteiger partial charge in [0, 0.05) is 18.9 Å². The first kappa shape index (κ1) is 20.1. The summed E-state index contributed by atoms with van der Waals surface area (Å²) >= 11 is 1.26. The number of ether oxygens (including phenoxy) is 1. The molecule has 8 heteroatoms. The number of thiazole rings is 1. The maximum Gasteiger partial charge on any atom is 0.279 e. The largest absolute Gasteiger partial charge is 0.457 e. The molecule has 0 fully saturated rings. The van der Waals surface area contributed by atoms with Gasteiger partial charge in [0.15, 0.2) is 14.6 Å². The third-order valence-electron chi connectivity index (χ3n) is 4.47. The van der Waals surface area contributed by atoms with Crippen LogP contribution < -0.4 is 9.54 Å². The summed E-state index contributed by atoms with van der Waals surface area (Å²) in [6, 6.07) is 21.0. The summed E-state index contributed by atoms with van der Waals surface area (Å²) in [4.78, 5) is 17.7. The number of carbonyl (C=O) groups is 1. The molecular weight excluding hydrogens is 420 g/mol. The van der Waals surface area contributed by atoms with Crippen molar-refractivity contribution in [1.29, 1.82) is 0 Å².